The zero-order valence-corrected chi connectivity index (χ0v) is 17.4. The molecule has 1 saturated heterocycles. The third kappa shape index (κ3) is 2.94. The van der Waals surface area contributed by atoms with Gasteiger partial charge in [-0.1, -0.05) is 11.6 Å². The monoisotopic (exact) mass is 457 g/mol. The minimum Gasteiger partial charge on any atom is -0.480 e. The Balaban J connectivity index is 1.45. The number of aromatic amines is 1. The minimum atomic E-state index is -1.19. The van der Waals surface area contributed by atoms with Crippen molar-refractivity contribution >= 4 is 46.1 Å². The van der Waals surface area contributed by atoms with E-state index in [1.54, 1.807) is 17.0 Å². The number of hydrogen-bond donors (Lipinski definition) is 2. The normalized spacial score (nSPS) is 17.2. The molecule has 0 aliphatic carbocycles. The van der Waals surface area contributed by atoms with Gasteiger partial charge in [0.15, 0.2) is 0 Å². The van der Waals surface area contributed by atoms with Crippen LogP contribution in [0.1, 0.15) is 28.9 Å². The number of piperidine rings is 1. The fourth-order valence-corrected chi connectivity index (χ4v) is 5.00. The molecule has 1 aromatic carbocycles. The number of aromatic nitrogens is 3. The predicted octanol–water partition coefficient (Wildman–Crippen LogP) is 2.36. The number of likely N-dealkylation sites (tertiary alicyclic amines) is 1. The maximum Gasteiger partial charge on any atom is 0.323 e. The van der Waals surface area contributed by atoms with Crippen LogP contribution in [0.4, 0.5) is 10.1 Å². The van der Waals surface area contributed by atoms with Gasteiger partial charge in [0.25, 0.3) is 5.91 Å². The van der Waals surface area contributed by atoms with Crippen LogP contribution in [0, 0.1) is 5.82 Å². The summed E-state index contributed by atoms with van der Waals surface area (Å²) in [7, 11) is 0. The van der Waals surface area contributed by atoms with Gasteiger partial charge in [0.1, 0.15) is 23.6 Å². The molecule has 11 heteroatoms. The molecule has 1 spiro atoms. The zero-order valence-electron chi connectivity index (χ0n) is 16.6. The van der Waals surface area contributed by atoms with E-state index < -0.39 is 29.7 Å². The van der Waals surface area contributed by atoms with Crippen molar-refractivity contribution in [2.75, 3.05) is 24.5 Å². The van der Waals surface area contributed by atoms with Crippen molar-refractivity contribution < 1.29 is 23.9 Å². The number of rotatable bonds is 3. The van der Waals surface area contributed by atoms with Gasteiger partial charge in [-0.3, -0.25) is 19.5 Å². The van der Waals surface area contributed by atoms with Crippen LogP contribution in [0.25, 0.3) is 11.0 Å². The second-order valence-electron chi connectivity index (χ2n) is 7.91. The van der Waals surface area contributed by atoms with Crippen LogP contribution >= 0.6 is 11.6 Å². The van der Waals surface area contributed by atoms with Crippen molar-refractivity contribution in [2.24, 2.45) is 0 Å². The van der Waals surface area contributed by atoms with Gasteiger partial charge in [-0.05, 0) is 37.1 Å². The van der Waals surface area contributed by atoms with Crippen LogP contribution in [0.2, 0.25) is 5.02 Å². The average molecular weight is 458 g/mol. The molecule has 4 heterocycles. The molecule has 0 radical (unpaired) electrons. The molecule has 0 atom stereocenters. The maximum absolute atomic E-state index is 14.3. The highest BCUT2D eigenvalue weighted by Crippen LogP contribution is 2.51. The van der Waals surface area contributed by atoms with E-state index in [0.717, 1.165) is 11.0 Å². The van der Waals surface area contributed by atoms with E-state index in [2.05, 4.69) is 15.2 Å². The number of carbonyl (C=O) groups excluding carboxylic acids is 2. The number of amides is 2. The molecule has 2 amide bonds. The first-order chi connectivity index (χ1) is 15.3. The quantitative estimate of drug-likeness (QED) is 0.623. The predicted molar refractivity (Wildman–Crippen MR) is 112 cm³/mol. The number of carboxylic acid groups (broad SMARTS) is 1. The molecule has 0 bridgehead atoms. The smallest absolute Gasteiger partial charge is 0.323 e. The molecule has 2 aliphatic rings. The fourth-order valence-electron chi connectivity index (χ4n) is 4.65. The first kappa shape index (κ1) is 20.4. The number of nitrogens with zero attached hydrogens (tertiary/aromatic N) is 4. The van der Waals surface area contributed by atoms with E-state index in [1.807, 2.05) is 0 Å². The summed E-state index contributed by atoms with van der Waals surface area (Å²) < 4.78 is 14.3. The lowest BCUT2D eigenvalue weighted by atomic mass is 9.73. The number of benzene rings is 1. The van der Waals surface area contributed by atoms with Crippen LogP contribution in [-0.4, -0.2) is 62.6 Å². The summed E-state index contributed by atoms with van der Waals surface area (Å²) in [6, 6.07) is 5.83. The van der Waals surface area contributed by atoms with Crippen molar-refractivity contribution in [3.05, 3.63) is 52.6 Å². The lowest BCUT2D eigenvalue weighted by Gasteiger charge is -2.38. The largest absolute Gasteiger partial charge is 0.480 e. The summed E-state index contributed by atoms with van der Waals surface area (Å²) in [6.45, 7) is -0.126. The number of anilines is 1. The van der Waals surface area contributed by atoms with Gasteiger partial charge in [0.05, 0.1) is 27.8 Å². The number of fused-ring (bicyclic) bond motifs is 3. The maximum atomic E-state index is 14.3. The second kappa shape index (κ2) is 7.27. The molecule has 32 heavy (non-hydrogen) atoms. The highest BCUT2D eigenvalue weighted by Gasteiger charge is 2.54. The number of aliphatic carboxylic acids is 1. The van der Waals surface area contributed by atoms with E-state index in [4.69, 9.17) is 11.6 Å². The molecule has 5 rings (SSSR count). The average Bonchev–Trinajstić information content (AvgIpc) is 3.33. The van der Waals surface area contributed by atoms with Crippen molar-refractivity contribution in [3.63, 3.8) is 0 Å². The van der Waals surface area contributed by atoms with E-state index in [-0.39, 0.29) is 42.6 Å². The first-order valence-electron chi connectivity index (χ1n) is 9.93. The zero-order chi connectivity index (χ0) is 22.6. The fraction of sp³-hybridized carbons (Fsp3) is 0.286. The Morgan fingerprint density at radius 3 is 2.69 bits per heavy atom. The number of H-pyrrole nitrogens is 1. The van der Waals surface area contributed by atoms with Crippen LogP contribution in [0.15, 0.2) is 30.5 Å². The summed E-state index contributed by atoms with van der Waals surface area (Å²) in [5, 5.41) is 15.7. The van der Waals surface area contributed by atoms with Gasteiger partial charge in [0, 0.05) is 18.7 Å². The van der Waals surface area contributed by atoms with Gasteiger partial charge in [-0.2, -0.15) is 5.10 Å². The lowest BCUT2D eigenvalue weighted by molar-refractivity contribution is -0.137. The molecule has 164 valence electrons. The summed E-state index contributed by atoms with van der Waals surface area (Å²) in [4.78, 5) is 44.7. The Labute approximate surface area is 185 Å². The lowest BCUT2D eigenvalue weighted by Crippen LogP contribution is -2.51. The molecule has 0 unspecified atom stereocenters. The summed E-state index contributed by atoms with van der Waals surface area (Å²) >= 11 is 6.27. The van der Waals surface area contributed by atoms with Gasteiger partial charge in [-0.15, -0.1) is 0 Å². The molecule has 9 nitrogen and oxygen atoms in total. The van der Waals surface area contributed by atoms with Crippen molar-refractivity contribution in [2.45, 2.75) is 18.3 Å². The standard InChI is InChI=1S/C21H17ClFN5O4/c22-18-11(23)1-4-15-17(18)21(20(32)28(15)10-16(29)30)5-7-27(8-6-21)19(31)13-3-2-12-14(25-13)9-24-26-12/h1-4,9H,5-8,10H2,(H,24,26)(H,29,30). The van der Waals surface area contributed by atoms with Gasteiger partial charge >= 0.3 is 5.97 Å². The van der Waals surface area contributed by atoms with Crippen molar-refractivity contribution in [1.82, 2.24) is 20.1 Å². The SMILES string of the molecule is O=C(O)CN1C(=O)C2(CCN(C(=O)c3ccc4[nH]ncc4n3)CC2)c2c1ccc(F)c2Cl. The van der Waals surface area contributed by atoms with Crippen LogP contribution in [-0.2, 0) is 15.0 Å². The second-order valence-corrected chi connectivity index (χ2v) is 8.29. The molecular weight excluding hydrogens is 441 g/mol. The highest BCUT2D eigenvalue weighted by atomic mass is 35.5. The number of halogens is 2. The van der Waals surface area contributed by atoms with E-state index >= 15 is 0 Å². The summed E-state index contributed by atoms with van der Waals surface area (Å²) in [5.41, 5.74) is 0.955. The topological polar surface area (TPSA) is 119 Å². The Morgan fingerprint density at radius 1 is 1.22 bits per heavy atom. The number of nitrogens with one attached hydrogen (secondary N) is 1. The van der Waals surface area contributed by atoms with Gasteiger partial charge in [-0.25, -0.2) is 9.37 Å². The van der Waals surface area contributed by atoms with Crippen LogP contribution in [0.3, 0.4) is 0 Å². The minimum absolute atomic E-state index is 0.185. The first-order valence-corrected chi connectivity index (χ1v) is 10.3. The number of carboxylic acids is 1. The third-order valence-corrected chi connectivity index (χ3v) is 6.58. The van der Waals surface area contributed by atoms with Crippen molar-refractivity contribution in [1.29, 1.82) is 0 Å². The Morgan fingerprint density at radius 2 is 1.97 bits per heavy atom. The van der Waals surface area contributed by atoms with Gasteiger partial charge < -0.3 is 14.9 Å². The summed E-state index contributed by atoms with van der Waals surface area (Å²) in [5.74, 6) is -2.59. The molecule has 2 aliphatic heterocycles. The summed E-state index contributed by atoms with van der Waals surface area (Å²) in [6.07, 6.45) is 1.91. The third-order valence-electron chi connectivity index (χ3n) is 6.21. The van der Waals surface area contributed by atoms with Crippen LogP contribution < -0.4 is 4.90 Å². The molecule has 2 aromatic heterocycles. The van der Waals surface area contributed by atoms with Crippen molar-refractivity contribution in [3.8, 4) is 0 Å². The van der Waals surface area contributed by atoms with Gasteiger partial charge in [0.2, 0.25) is 5.91 Å². The molecule has 0 saturated carbocycles. The molecule has 3 aromatic rings. The molecule has 1 fully saturated rings. The number of pyridine rings is 1. The Bertz CT molecular complexity index is 1280. The van der Waals surface area contributed by atoms with E-state index in [0.29, 0.717) is 22.3 Å². The molecule has 2 N–H and O–H groups in total. The number of carbonyl (C=O) groups is 3. The Kier molecular flexibility index (Phi) is 4.63. The highest BCUT2D eigenvalue weighted by molar-refractivity contribution is 6.33. The Hall–Kier alpha value is -3.53. The number of hydrogen-bond acceptors (Lipinski definition) is 5. The molecular formula is C21H17ClFN5O4. The van der Waals surface area contributed by atoms with Crippen LogP contribution in [0.5, 0.6) is 0 Å². The van der Waals surface area contributed by atoms with E-state index in [1.165, 1.54) is 12.3 Å². The van der Waals surface area contributed by atoms with E-state index in [9.17, 15) is 23.9 Å².